The molecular weight excluding hydrogens is 178 g/mol. The van der Waals surface area contributed by atoms with Gasteiger partial charge in [0, 0.05) is 7.05 Å². The summed E-state index contributed by atoms with van der Waals surface area (Å²) >= 11 is 0. The van der Waals surface area contributed by atoms with Crippen LogP contribution in [0.15, 0.2) is 18.2 Å². The van der Waals surface area contributed by atoms with Gasteiger partial charge in [0.15, 0.2) is 0 Å². The number of rotatable bonds is 1. The van der Waals surface area contributed by atoms with Crippen molar-refractivity contribution >= 4 is 10.9 Å². The number of methoxy groups -OCH3 is 1. The maximum atomic E-state index is 8.96. The number of ether oxygens (including phenoxy) is 1. The largest absolute Gasteiger partial charge is 0.496 e. The number of fused-ring (bicyclic) bond motifs is 1. The number of aryl methyl sites for hydroxylation is 1. The molecule has 0 aliphatic rings. The maximum absolute atomic E-state index is 8.96. The summed E-state index contributed by atoms with van der Waals surface area (Å²) in [5.41, 5.74) is 1.31. The Morgan fingerprint density at radius 3 is 2.93 bits per heavy atom. The third kappa shape index (κ3) is 1.03. The van der Waals surface area contributed by atoms with Gasteiger partial charge < -0.3 is 4.74 Å². The number of nitrogens with zero attached hydrogens (tertiary/aromatic N) is 3. The average molecular weight is 187 g/mol. The number of hydrogen-bond donors (Lipinski definition) is 0. The van der Waals surface area contributed by atoms with E-state index in [1.165, 1.54) is 0 Å². The van der Waals surface area contributed by atoms with Crippen molar-refractivity contribution in [2.75, 3.05) is 7.11 Å². The molecule has 0 fully saturated rings. The summed E-state index contributed by atoms with van der Waals surface area (Å²) < 4.78 is 6.74. The third-order valence-electron chi connectivity index (χ3n) is 2.15. The molecule has 0 saturated heterocycles. The zero-order chi connectivity index (χ0) is 10.1. The summed E-state index contributed by atoms with van der Waals surface area (Å²) in [6.07, 6.45) is 0. The van der Waals surface area contributed by atoms with Crippen molar-refractivity contribution in [2.24, 2.45) is 7.05 Å². The first kappa shape index (κ1) is 8.57. The normalized spacial score (nSPS) is 10.1. The van der Waals surface area contributed by atoms with Gasteiger partial charge in [-0.3, -0.25) is 4.68 Å². The Balaban J connectivity index is 2.91. The molecule has 0 aliphatic carbocycles. The lowest BCUT2D eigenvalue weighted by atomic mass is 10.2. The molecule has 2 aromatic rings. The summed E-state index contributed by atoms with van der Waals surface area (Å²) in [5, 5.41) is 13.9. The lowest BCUT2D eigenvalue weighted by molar-refractivity contribution is 0.419. The van der Waals surface area contributed by atoms with E-state index in [1.807, 2.05) is 18.2 Å². The van der Waals surface area contributed by atoms with Crippen molar-refractivity contribution in [3.05, 3.63) is 23.9 Å². The molecule has 4 heteroatoms. The Labute approximate surface area is 81.3 Å². The average Bonchev–Trinajstić information content (AvgIpc) is 2.52. The predicted molar refractivity (Wildman–Crippen MR) is 52.0 cm³/mol. The lowest BCUT2D eigenvalue weighted by Gasteiger charge is -1.99. The number of hydrogen-bond acceptors (Lipinski definition) is 3. The van der Waals surface area contributed by atoms with Crippen LogP contribution in [0.4, 0.5) is 0 Å². The van der Waals surface area contributed by atoms with Crippen LogP contribution in [0.5, 0.6) is 5.75 Å². The van der Waals surface area contributed by atoms with Crippen LogP contribution < -0.4 is 4.74 Å². The van der Waals surface area contributed by atoms with Crippen molar-refractivity contribution in [3.8, 4) is 11.8 Å². The lowest BCUT2D eigenvalue weighted by Crippen LogP contribution is -1.93. The second-order valence-electron chi connectivity index (χ2n) is 2.94. The fourth-order valence-electron chi connectivity index (χ4n) is 1.51. The van der Waals surface area contributed by atoms with E-state index in [0.717, 1.165) is 10.9 Å². The summed E-state index contributed by atoms with van der Waals surface area (Å²) in [6.45, 7) is 0. The second kappa shape index (κ2) is 3.04. The molecule has 14 heavy (non-hydrogen) atoms. The zero-order valence-electron chi connectivity index (χ0n) is 7.98. The second-order valence-corrected chi connectivity index (χ2v) is 2.94. The topological polar surface area (TPSA) is 50.8 Å². The highest BCUT2D eigenvalue weighted by molar-refractivity contribution is 5.89. The number of nitriles is 1. The first-order chi connectivity index (χ1) is 6.77. The standard InChI is InChI=1S/C10H9N3O/c1-13-8(6-11)10-7(12-13)4-3-5-9(10)14-2/h3-5H,1-2H3. The fraction of sp³-hybridized carbons (Fsp3) is 0.200. The van der Waals surface area contributed by atoms with Gasteiger partial charge in [-0.1, -0.05) is 6.07 Å². The van der Waals surface area contributed by atoms with Gasteiger partial charge in [-0.05, 0) is 12.1 Å². The van der Waals surface area contributed by atoms with Crippen LogP contribution in [0.25, 0.3) is 10.9 Å². The molecule has 0 spiro atoms. The summed E-state index contributed by atoms with van der Waals surface area (Å²) in [6, 6.07) is 7.65. The molecule has 1 aromatic carbocycles. The van der Waals surface area contributed by atoms with Gasteiger partial charge in [-0.25, -0.2) is 0 Å². The van der Waals surface area contributed by atoms with Crippen LogP contribution >= 0.6 is 0 Å². The Kier molecular flexibility index (Phi) is 1.86. The summed E-state index contributed by atoms with van der Waals surface area (Å²) in [5.74, 6) is 0.687. The molecule has 1 aromatic heterocycles. The molecule has 2 rings (SSSR count). The molecule has 0 aliphatic heterocycles. The summed E-state index contributed by atoms with van der Waals surface area (Å²) in [7, 11) is 3.33. The SMILES string of the molecule is COc1cccc2nn(C)c(C#N)c12. The minimum absolute atomic E-state index is 0.525. The monoisotopic (exact) mass is 187 g/mol. The van der Waals surface area contributed by atoms with Crippen LogP contribution in [0, 0.1) is 11.3 Å². The van der Waals surface area contributed by atoms with Crippen molar-refractivity contribution < 1.29 is 4.74 Å². The molecular formula is C10H9N3O. The zero-order valence-corrected chi connectivity index (χ0v) is 7.98. The molecule has 0 saturated carbocycles. The first-order valence-corrected chi connectivity index (χ1v) is 4.17. The van der Waals surface area contributed by atoms with E-state index >= 15 is 0 Å². The quantitative estimate of drug-likeness (QED) is 0.679. The maximum Gasteiger partial charge on any atom is 0.149 e. The smallest absolute Gasteiger partial charge is 0.149 e. The van der Waals surface area contributed by atoms with Crippen molar-refractivity contribution in [2.45, 2.75) is 0 Å². The highest BCUT2D eigenvalue weighted by Gasteiger charge is 2.12. The van der Waals surface area contributed by atoms with Crippen LogP contribution in [0.1, 0.15) is 5.69 Å². The third-order valence-corrected chi connectivity index (χ3v) is 2.15. The van der Waals surface area contributed by atoms with Crippen LogP contribution in [0.3, 0.4) is 0 Å². The van der Waals surface area contributed by atoms with E-state index in [4.69, 9.17) is 10.00 Å². The Morgan fingerprint density at radius 1 is 1.50 bits per heavy atom. The molecule has 0 bridgehead atoms. The number of benzene rings is 1. The first-order valence-electron chi connectivity index (χ1n) is 4.17. The minimum atomic E-state index is 0.525. The van der Waals surface area contributed by atoms with Crippen molar-refractivity contribution in [1.82, 2.24) is 9.78 Å². The predicted octanol–water partition coefficient (Wildman–Crippen LogP) is 1.45. The van der Waals surface area contributed by atoms with E-state index in [0.29, 0.717) is 11.4 Å². The van der Waals surface area contributed by atoms with E-state index in [2.05, 4.69) is 11.2 Å². The van der Waals surface area contributed by atoms with Crippen molar-refractivity contribution in [1.29, 1.82) is 5.26 Å². The van der Waals surface area contributed by atoms with E-state index in [-0.39, 0.29) is 0 Å². The highest BCUT2D eigenvalue weighted by Crippen LogP contribution is 2.27. The molecule has 4 nitrogen and oxygen atoms in total. The Hall–Kier alpha value is -2.02. The molecule has 0 amide bonds. The van der Waals surface area contributed by atoms with Gasteiger partial charge in [0.2, 0.25) is 0 Å². The highest BCUT2D eigenvalue weighted by atomic mass is 16.5. The fourth-order valence-corrected chi connectivity index (χ4v) is 1.51. The molecule has 0 unspecified atom stereocenters. The van der Waals surface area contributed by atoms with E-state index < -0.39 is 0 Å². The van der Waals surface area contributed by atoms with Gasteiger partial charge in [0.05, 0.1) is 18.0 Å². The van der Waals surface area contributed by atoms with Crippen LogP contribution in [-0.4, -0.2) is 16.9 Å². The van der Waals surface area contributed by atoms with Crippen LogP contribution in [0.2, 0.25) is 0 Å². The Morgan fingerprint density at radius 2 is 2.29 bits per heavy atom. The van der Waals surface area contributed by atoms with E-state index in [9.17, 15) is 0 Å². The molecule has 0 N–H and O–H groups in total. The van der Waals surface area contributed by atoms with Gasteiger partial charge in [0.25, 0.3) is 0 Å². The Bertz CT molecular complexity index is 522. The summed E-state index contributed by atoms with van der Waals surface area (Å²) in [4.78, 5) is 0. The van der Waals surface area contributed by atoms with Gasteiger partial charge in [0.1, 0.15) is 17.5 Å². The van der Waals surface area contributed by atoms with Crippen molar-refractivity contribution in [3.63, 3.8) is 0 Å². The molecule has 0 radical (unpaired) electrons. The minimum Gasteiger partial charge on any atom is -0.496 e. The van der Waals surface area contributed by atoms with Gasteiger partial charge in [-0.2, -0.15) is 10.4 Å². The molecule has 1 heterocycles. The number of aromatic nitrogens is 2. The van der Waals surface area contributed by atoms with Crippen LogP contribution in [-0.2, 0) is 7.05 Å². The van der Waals surface area contributed by atoms with E-state index in [1.54, 1.807) is 18.8 Å². The van der Waals surface area contributed by atoms with Gasteiger partial charge in [-0.15, -0.1) is 0 Å². The molecule has 0 atom stereocenters. The van der Waals surface area contributed by atoms with Gasteiger partial charge >= 0.3 is 0 Å². The molecule has 70 valence electrons.